The number of amidine groups is 1. The van der Waals surface area contributed by atoms with Crippen LogP contribution >= 0.6 is 0 Å². The molecule has 0 aliphatic heterocycles. The van der Waals surface area contributed by atoms with Gasteiger partial charge in [0, 0.05) is 18.0 Å². The van der Waals surface area contributed by atoms with Crippen LogP contribution in [0.25, 0.3) is 0 Å². The smallest absolute Gasteiger partial charge is 0.170 e. The van der Waals surface area contributed by atoms with Crippen LogP contribution in [0, 0.1) is 0 Å². The van der Waals surface area contributed by atoms with Crippen LogP contribution in [0.3, 0.4) is 0 Å². The first-order valence-electron chi connectivity index (χ1n) is 4.31. The maximum atomic E-state index is 8.25. The first kappa shape index (κ1) is 10.8. The van der Waals surface area contributed by atoms with Gasteiger partial charge in [0.25, 0.3) is 0 Å². The lowest BCUT2D eigenvalue weighted by Gasteiger charge is -1.94. The molecule has 2 rings (SSSR count). The fraction of sp³-hybridized carbons (Fsp3) is 0. The number of rotatable bonds is 1. The number of nitrogens with zero attached hydrogens (tertiary/aromatic N) is 2. The fourth-order valence-corrected chi connectivity index (χ4v) is 0.882. The van der Waals surface area contributed by atoms with Gasteiger partial charge in [-0.25, -0.2) is 0 Å². The van der Waals surface area contributed by atoms with Crippen molar-refractivity contribution in [2.75, 3.05) is 0 Å². The van der Waals surface area contributed by atoms with Crippen molar-refractivity contribution >= 4 is 5.84 Å². The van der Waals surface area contributed by atoms with Gasteiger partial charge in [0.2, 0.25) is 0 Å². The molecule has 0 saturated carbocycles. The zero-order valence-corrected chi connectivity index (χ0v) is 8.04. The molecule has 0 spiro atoms. The van der Waals surface area contributed by atoms with Gasteiger partial charge in [0.1, 0.15) is 0 Å². The van der Waals surface area contributed by atoms with E-state index in [1.807, 2.05) is 24.3 Å². The second kappa shape index (κ2) is 6.20. The minimum atomic E-state index is 0.139. The van der Waals surface area contributed by atoms with Gasteiger partial charge in [-0.15, -0.1) is 0 Å². The molecule has 0 radical (unpaired) electrons. The molecule has 0 bridgehead atoms. The monoisotopic (exact) mass is 204 g/mol. The predicted octanol–water partition coefficient (Wildman–Crippen LogP) is 1.19. The minimum Gasteiger partial charge on any atom is -0.409 e. The Bertz CT molecular complexity index is 366. The Morgan fingerprint density at radius 3 is 2.40 bits per heavy atom. The molecule has 0 amide bonds. The highest BCUT2D eigenvalue weighted by Gasteiger charge is 1.93. The largest absolute Gasteiger partial charge is 0.409 e. The number of benzene rings is 1. The standard InChI is InChI=1S/C7H8N2O.C3H4N2/c8-7(9-10)6-4-2-1-3-5-6;1-2-4-5-3-1/h1-5,10H,(H2,8,9);1-3H,(H,4,5). The third-order valence-corrected chi connectivity index (χ3v) is 1.58. The summed E-state index contributed by atoms with van der Waals surface area (Å²) in [5, 5.41) is 17.3. The molecular weight excluding hydrogens is 192 g/mol. The summed E-state index contributed by atoms with van der Waals surface area (Å²) in [6.07, 6.45) is 3.46. The first-order chi connectivity index (χ1) is 7.34. The summed E-state index contributed by atoms with van der Waals surface area (Å²) in [5.74, 6) is 0.139. The number of nitrogens with one attached hydrogen (secondary N) is 1. The highest BCUT2D eigenvalue weighted by Crippen LogP contribution is 1.96. The van der Waals surface area contributed by atoms with Crippen molar-refractivity contribution < 1.29 is 5.21 Å². The summed E-state index contributed by atoms with van der Waals surface area (Å²) in [5.41, 5.74) is 6.02. The lowest BCUT2D eigenvalue weighted by atomic mass is 10.2. The van der Waals surface area contributed by atoms with Crippen molar-refractivity contribution in [3.05, 3.63) is 54.4 Å². The molecule has 0 aliphatic rings. The van der Waals surface area contributed by atoms with E-state index in [2.05, 4.69) is 15.4 Å². The van der Waals surface area contributed by atoms with E-state index in [-0.39, 0.29) is 5.84 Å². The molecule has 0 aliphatic carbocycles. The summed E-state index contributed by atoms with van der Waals surface area (Å²) in [6.45, 7) is 0. The highest BCUT2D eigenvalue weighted by atomic mass is 16.4. The van der Waals surface area contributed by atoms with Crippen LogP contribution in [0.2, 0.25) is 0 Å². The molecule has 1 aromatic heterocycles. The lowest BCUT2D eigenvalue weighted by Crippen LogP contribution is -2.12. The van der Waals surface area contributed by atoms with E-state index in [4.69, 9.17) is 10.9 Å². The van der Waals surface area contributed by atoms with E-state index in [1.165, 1.54) is 0 Å². The molecule has 1 aromatic carbocycles. The summed E-state index contributed by atoms with van der Waals surface area (Å²) < 4.78 is 0. The van der Waals surface area contributed by atoms with Gasteiger partial charge in [-0.05, 0) is 6.07 Å². The van der Waals surface area contributed by atoms with Crippen LogP contribution in [-0.4, -0.2) is 21.2 Å². The third-order valence-electron chi connectivity index (χ3n) is 1.58. The van der Waals surface area contributed by atoms with E-state index in [9.17, 15) is 0 Å². The van der Waals surface area contributed by atoms with Crippen LogP contribution in [-0.2, 0) is 0 Å². The van der Waals surface area contributed by atoms with Crippen LogP contribution in [0.5, 0.6) is 0 Å². The molecule has 1 heterocycles. The van der Waals surface area contributed by atoms with Gasteiger partial charge < -0.3 is 10.9 Å². The number of aromatic nitrogens is 2. The van der Waals surface area contributed by atoms with E-state index in [1.54, 1.807) is 24.5 Å². The number of hydrogen-bond acceptors (Lipinski definition) is 3. The van der Waals surface area contributed by atoms with Crippen LogP contribution in [0.4, 0.5) is 0 Å². The Morgan fingerprint density at radius 2 is 2.00 bits per heavy atom. The Morgan fingerprint density at radius 1 is 1.27 bits per heavy atom. The third kappa shape index (κ3) is 3.95. The van der Waals surface area contributed by atoms with Gasteiger partial charge in [0.15, 0.2) is 5.84 Å². The number of nitrogens with two attached hydrogens (primary N) is 1. The van der Waals surface area contributed by atoms with E-state index >= 15 is 0 Å². The maximum Gasteiger partial charge on any atom is 0.170 e. The van der Waals surface area contributed by atoms with Crippen molar-refractivity contribution in [3.63, 3.8) is 0 Å². The Balaban J connectivity index is 0.000000187. The molecule has 4 N–H and O–H groups in total. The molecule has 15 heavy (non-hydrogen) atoms. The van der Waals surface area contributed by atoms with E-state index in [0.29, 0.717) is 0 Å². The molecule has 0 unspecified atom stereocenters. The number of oxime groups is 1. The Labute approximate surface area is 87.2 Å². The SMILES string of the molecule is NC(=NO)c1ccccc1.c1cn[nH]c1. The number of hydrogen-bond donors (Lipinski definition) is 3. The van der Waals surface area contributed by atoms with Crippen LogP contribution in [0.1, 0.15) is 5.56 Å². The van der Waals surface area contributed by atoms with Crippen molar-refractivity contribution in [1.29, 1.82) is 0 Å². The van der Waals surface area contributed by atoms with Crippen molar-refractivity contribution in [2.24, 2.45) is 10.9 Å². The van der Waals surface area contributed by atoms with E-state index < -0.39 is 0 Å². The van der Waals surface area contributed by atoms with Gasteiger partial charge in [-0.2, -0.15) is 5.10 Å². The molecule has 5 nitrogen and oxygen atoms in total. The molecule has 0 saturated heterocycles. The molecular formula is C10H12N4O. The second-order valence-corrected chi connectivity index (χ2v) is 2.62. The zero-order chi connectivity index (χ0) is 10.9. The molecule has 5 heteroatoms. The van der Waals surface area contributed by atoms with Crippen LogP contribution in [0.15, 0.2) is 53.9 Å². The first-order valence-corrected chi connectivity index (χ1v) is 4.31. The predicted molar refractivity (Wildman–Crippen MR) is 57.5 cm³/mol. The topological polar surface area (TPSA) is 87.3 Å². The molecule has 2 aromatic rings. The normalized spacial score (nSPS) is 10.3. The van der Waals surface area contributed by atoms with Gasteiger partial charge in [0.05, 0.1) is 0 Å². The van der Waals surface area contributed by atoms with E-state index in [0.717, 1.165) is 5.56 Å². The minimum absolute atomic E-state index is 0.139. The maximum absolute atomic E-state index is 8.25. The summed E-state index contributed by atoms with van der Waals surface area (Å²) in [7, 11) is 0. The lowest BCUT2D eigenvalue weighted by molar-refractivity contribution is 0.318. The van der Waals surface area contributed by atoms with Crippen molar-refractivity contribution in [1.82, 2.24) is 10.2 Å². The number of H-pyrrole nitrogens is 1. The molecule has 78 valence electrons. The summed E-state index contributed by atoms with van der Waals surface area (Å²) >= 11 is 0. The summed E-state index contributed by atoms with van der Waals surface area (Å²) in [4.78, 5) is 0. The van der Waals surface area contributed by atoms with Gasteiger partial charge >= 0.3 is 0 Å². The van der Waals surface area contributed by atoms with Gasteiger partial charge in [-0.3, -0.25) is 5.10 Å². The van der Waals surface area contributed by atoms with Crippen molar-refractivity contribution in [2.45, 2.75) is 0 Å². The Hall–Kier alpha value is -2.30. The van der Waals surface area contributed by atoms with Gasteiger partial charge in [-0.1, -0.05) is 35.5 Å². The average molecular weight is 204 g/mol. The second-order valence-electron chi connectivity index (χ2n) is 2.62. The molecule has 0 atom stereocenters. The van der Waals surface area contributed by atoms with Crippen molar-refractivity contribution in [3.8, 4) is 0 Å². The summed E-state index contributed by atoms with van der Waals surface area (Å²) in [6, 6.07) is 10.9. The Kier molecular flexibility index (Phi) is 4.45. The average Bonchev–Trinajstić information content (AvgIpc) is 2.88. The zero-order valence-electron chi connectivity index (χ0n) is 8.04. The number of aromatic amines is 1. The molecule has 0 fully saturated rings. The quantitative estimate of drug-likeness (QED) is 0.282. The fourth-order valence-electron chi connectivity index (χ4n) is 0.882. The van der Waals surface area contributed by atoms with Crippen LogP contribution < -0.4 is 5.73 Å². The highest BCUT2D eigenvalue weighted by molar-refractivity contribution is 5.96.